The van der Waals surface area contributed by atoms with Crippen molar-refractivity contribution in [2.24, 2.45) is 0 Å². The lowest BCUT2D eigenvalue weighted by molar-refractivity contribution is -0.140. The quantitative estimate of drug-likeness (QED) is 0.629. The first-order valence-electron chi connectivity index (χ1n) is 6.47. The van der Waals surface area contributed by atoms with Crippen molar-refractivity contribution >= 4 is 11.9 Å². The number of amides is 1. The van der Waals surface area contributed by atoms with E-state index in [4.69, 9.17) is 5.11 Å². The third-order valence-corrected chi connectivity index (χ3v) is 2.70. The number of aromatic nitrogens is 1. The monoisotopic (exact) mass is 290 g/mol. The van der Waals surface area contributed by atoms with Crippen molar-refractivity contribution in [1.82, 2.24) is 9.88 Å². The van der Waals surface area contributed by atoms with Crippen molar-refractivity contribution in [3.05, 3.63) is 29.6 Å². The highest BCUT2D eigenvalue weighted by atomic mass is 16.5. The molecule has 1 aromatic heterocycles. The summed E-state index contributed by atoms with van der Waals surface area (Å²) in [7, 11) is 2.89. The number of aliphatic hydroxyl groups is 1. The molecule has 0 aromatic carbocycles. The summed E-state index contributed by atoms with van der Waals surface area (Å²) in [6.45, 7) is 0.209. The molecule has 21 heavy (non-hydrogen) atoms. The number of rotatable bonds is 5. The number of nitrogens with zero attached hydrogens (tertiary/aromatic N) is 2. The van der Waals surface area contributed by atoms with Crippen LogP contribution in [0.15, 0.2) is 18.3 Å². The zero-order valence-corrected chi connectivity index (χ0v) is 12.1. The molecule has 1 aromatic rings. The van der Waals surface area contributed by atoms with Gasteiger partial charge in [-0.15, -0.1) is 0 Å². The van der Waals surface area contributed by atoms with E-state index in [9.17, 15) is 9.59 Å². The van der Waals surface area contributed by atoms with E-state index in [-0.39, 0.29) is 37.1 Å². The van der Waals surface area contributed by atoms with Crippen LogP contribution in [0, 0.1) is 11.8 Å². The summed E-state index contributed by atoms with van der Waals surface area (Å²) in [5.41, 5.74) is 0.733. The number of methoxy groups -OCH3 is 1. The van der Waals surface area contributed by atoms with Gasteiger partial charge in [-0.05, 0) is 12.1 Å². The van der Waals surface area contributed by atoms with E-state index in [1.807, 2.05) is 0 Å². The summed E-state index contributed by atoms with van der Waals surface area (Å²) in [6, 6.07) is 3.38. The molecule has 112 valence electrons. The third kappa shape index (κ3) is 5.24. The van der Waals surface area contributed by atoms with Gasteiger partial charge in [0.2, 0.25) is 0 Å². The van der Waals surface area contributed by atoms with Gasteiger partial charge in [-0.2, -0.15) is 0 Å². The molecule has 1 N–H and O–H groups in total. The van der Waals surface area contributed by atoms with E-state index < -0.39 is 0 Å². The second-order valence-electron chi connectivity index (χ2n) is 4.23. The number of aliphatic hydroxyl groups excluding tert-OH is 1. The molecule has 6 nitrogen and oxygen atoms in total. The molecule has 0 unspecified atom stereocenters. The molecule has 0 bridgehead atoms. The van der Waals surface area contributed by atoms with Crippen LogP contribution in [-0.2, 0) is 9.53 Å². The highest BCUT2D eigenvalue weighted by molar-refractivity contribution is 5.94. The Balaban J connectivity index is 2.82. The van der Waals surface area contributed by atoms with E-state index in [1.165, 1.54) is 18.2 Å². The number of hydrogen-bond acceptors (Lipinski definition) is 5. The smallest absolute Gasteiger partial charge is 0.307 e. The second kappa shape index (κ2) is 8.72. The predicted octanol–water partition coefficient (Wildman–Crippen LogP) is 0.451. The molecule has 1 heterocycles. The molecule has 6 heteroatoms. The molecule has 0 aliphatic rings. The lowest BCUT2D eigenvalue weighted by Crippen LogP contribution is -2.30. The molecule has 0 atom stereocenters. The van der Waals surface area contributed by atoms with Crippen LogP contribution in [0.25, 0.3) is 0 Å². The first-order valence-corrected chi connectivity index (χ1v) is 6.47. The van der Waals surface area contributed by atoms with E-state index >= 15 is 0 Å². The Morgan fingerprint density at radius 3 is 2.90 bits per heavy atom. The Labute approximate surface area is 123 Å². The van der Waals surface area contributed by atoms with Crippen molar-refractivity contribution in [3.63, 3.8) is 0 Å². The van der Waals surface area contributed by atoms with E-state index in [0.717, 1.165) is 0 Å². The molecule has 0 aliphatic carbocycles. The number of carbonyl (C=O) groups excluding carboxylic acids is 2. The fourth-order valence-electron chi connectivity index (χ4n) is 1.53. The average Bonchev–Trinajstić information content (AvgIpc) is 2.52. The van der Waals surface area contributed by atoms with E-state index in [0.29, 0.717) is 12.0 Å². The molecule has 0 saturated carbocycles. The maximum atomic E-state index is 12.3. The Bertz CT molecular complexity index is 560. The average molecular weight is 290 g/mol. The van der Waals surface area contributed by atoms with Crippen LogP contribution in [0.4, 0.5) is 0 Å². The minimum atomic E-state index is -0.376. The molecular weight excluding hydrogens is 272 g/mol. The number of ether oxygens (including phenoxy) is 1. The van der Waals surface area contributed by atoms with Crippen LogP contribution in [0.3, 0.4) is 0 Å². The third-order valence-electron chi connectivity index (χ3n) is 2.70. The first kappa shape index (κ1) is 16.7. The van der Waals surface area contributed by atoms with Crippen molar-refractivity contribution < 1.29 is 19.4 Å². The van der Waals surface area contributed by atoms with E-state index in [2.05, 4.69) is 21.6 Å². The number of carbonyl (C=O) groups is 2. The molecule has 0 fully saturated rings. The normalized spacial score (nSPS) is 9.48. The van der Waals surface area contributed by atoms with Gasteiger partial charge in [0.15, 0.2) is 0 Å². The Kier molecular flexibility index (Phi) is 6.92. The van der Waals surface area contributed by atoms with Gasteiger partial charge < -0.3 is 14.7 Å². The minimum Gasteiger partial charge on any atom is -0.469 e. The zero-order valence-electron chi connectivity index (χ0n) is 12.1. The summed E-state index contributed by atoms with van der Waals surface area (Å²) in [5, 5.41) is 8.72. The van der Waals surface area contributed by atoms with Gasteiger partial charge in [0.05, 0.1) is 25.7 Å². The zero-order chi connectivity index (χ0) is 15.7. The summed E-state index contributed by atoms with van der Waals surface area (Å²) in [4.78, 5) is 28.8. The largest absolute Gasteiger partial charge is 0.469 e. The molecule has 0 spiro atoms. The van der Waals surface area contributed by atoms with Crippen LogP contribution < -0.4 is 0 Å². The summed E-state index contributed by atoms with van der Waals surface area (Å²) in [5.74, 6) is 4.89. The number of pyridine rings is 1. The van der Waals surface area contributed by atoms with Gasteiger partial charge in [0, 0.05) is 26.2 Å². The van der Waals surface area contributed by atoms with Gasteiger partial charge in [0.25, 0.3) is 5.91 Å². The van der Waals surface area contributed by atoms with Crippen LogP contribution in [0.1, 0.15) is 28.9 Å². The fourth-order valence-corrected chi connectivity index (χ4v) is 1.53. The van der Waals surface area contributed by atoms with Gasteiger partial charge in [-0.3, -0.25) is 9.59 Å². The standard InChI is InChI=1S/C15H18N2O4/c1-17(10-8-13(19)21-2)15(20)14-12(6-3-4-11-18)7-5-9-16-14/h5,7,9,18H,4,8,10-11H2,1-2H3. The first-order chi connectivity index (χ1) is 10.1. The topological polar surface area (TPSA) is 79.7 Å². The molecule has 0 aliphatic heterocycles. The summed E-state index contributed by atoms with van der Waals surface area (Å²) in [6.07, 6.45) is 1.97. The maximum absolute atomic E-state index is 12.3. The molecular formula is C15H18N2O4. The number of esters is 1. The molecule has 1 rings (SSSR count). The molecule has 0 radical (unpaired) electrons. The molecule has 1 amide bonds. The predicted molar refractivity (Wildman–Crippen MR) is 76.4 cm³/mol. The van der Waals surface area contributed by atoms with Crippen LogP contribution in [0.5, 0.6) is 0 Å². The summed E-state index contributed by atoms with van der Waals surface area (Å²) >= 11 is 0. The van der Waals surface area contributed by atoms with Gasteiger partial charge in [-0.1, -0.05) is 11.8 Å². The van der Waals surface area contributed by atoms with Crippen LogP contribution in [-0.4, -0.2) is 54.2 Å². The number of hydrogen-bond donors (Lipinski definition) is 1. The highest BCUT2D eigenvalue weighted by Gasteiger charge is 2.17. The van der Waals surface area contributed by atoms with E-state index in [1.54, 1.807) is 19.2 Å². The summed E-state index contributed by atoms with van der Waals surface area (Å²) < 4.78 is 4.54. The van der Waals surface area contributed by atoms with Crippen molar-refractivity contribution in [3.8, 4) is 11.8 Å². The fraction of sp³-hybridized carbons (Fsp3) is 0.400. The Morgan fingerprint density at radius 1 is 1.48 bits per heavy atom. The Morgan fingerprint density at radius 2 is 2.24 bits per heavy atom. The SMILES string of the molecule is COC(=O)CCN(C)C(=O)c1ncccc1C#CCCO. The van der Waals surface area contributed by atoms with Gasteiger partial charge in [-0.25, -0.2) is 4.98 Å². The maximum Gasteiger partial charge on any atom is 0.307 e. The van der Waals surface area contributed by atoms with Crippen LogP contribution >= 0.6 is 0 Å². The van der Waals surface area contributed by atoms with Crippen molar-refractivity contribution in [1.29, 1.82) is 0 Å². The minimum absolute atomic E-state index is 0.0322. The lowest BCUT2D eigenvalue weighted by Gasteiger charge is -2.16. The van der Waals surface area contributed by atoms with Gasteiger partial charge in [0.1, 0.15) is 5.69 Å². The second-order valence-corrected chi connectivity index (χ2v) is 4.23. The van der Waals surface area contributed by atoms with Crippen molar-refractivity contribution in [2.75, 3.05) is 27.3 Å². The van der Waals surface area contributed by atoms with Crippen LogP contribution in [0.2, 0.25) is 0 Å². The van der Waals surface area contributed by atoms with Gasteiger partial charge >= 0.3 is 5.97 Å². The highest BCUT2D eigenvalue weighted by Crippen LogP contribution is 2.07. The Hall–Kier alpha value is -2.39. The van der Waals surface area contributed by atoms with Crippen molar-refractivity contribution in [2.45, 2.75) is 12.8 Å². The molecule has 0 saturated heterocycles. The lowest BCUT2D eigenvalue weighted by atomic mass is 10.1.